The largest absolute Gasteiger partial charge is 0.300 e. The van der Waals surface area contributed by atoms with Gasteiger partial charge in [-0.2, -0.15) is 9.40 Å². The molecule has 7 heteroatoms. The van der Waals surface area contributed by atoms with E-state index in [4.69, 9.17) is 0 Å². The molecule has 2 heterocycles. The van der Waals surface area contributed by atoms with Gasteiger partial charge in [-0.25, -0.2) is 8.42 Å². The molecule has 1 aromatic rings. The van der Waals surface area contributed by atoms with Crippen LogP contribution in [0.1, 0.15) is 12.8 Å². The molecule has 100 valence electrons. The van der Waals surface area contributed by atoms with Crippen LogP contribution < -0.4 is 0 Å². The van der Waals surface area contributed by atoms with Crippen molar-refractivity contribution in [1.82, 2.24) is 19.4 Å². The first-order valence-corrected chi connectivity index (χ1v) is 7.81. The number of hydrogen-bond acceptors (Lipinski definition) is 4. The highest BCUT2D eigenvalue weighted by molar-refractivity contribution is 7.89. The Balaban J connectivity index is 1.61. The first-order chi connectivity index (χ1) is 8.66. The molecule has 1 saturated carbocycles. The van der Waals surface area contributed by atoms with E-state index in [1.807, 2.05) is 0 Å². The average Bonchev–Trinajstić information content (AvgIpc) is 2.99. The van der Waals surface area contributed by atoms with Crippen molar-refractivity contribution in [2.75, 3.05) is 32.7 Å². The average molecular weight is 270 g/mol. The summed E-state index contributed by atoms with van der Waals surface area (Å²) in [6, 6.07) is 0. The Bertz CT molecular complexity index is 487. The summed E-state index contributed by atoms with van der Waals surface area (Å²) in [6.45, 7) is 3.99. The molecule has 0 spiro atoms. The minimum Gasteiger partial charge on any atom is -0.300 e. The van der Waals surface area contributed by atoms with Crippen LogP contribution in [-0.4, -0.2) is 60.5 Å². The Morgan fingerprint density at radius 1 is 1.28 bits per heavy atom. The molecule has 1 aliphatic heterocycles. The molecule has 1 aliphatic carbocycles. The Labute approximate surface area is 107 Å². The molecule has 2 fully saturated rings. The Kier molecular flexibility index (Phi) is 3.13. The van der Waals surface area contributed by atoms with Crippen molar-refractivity contribution in [2.24, 2.45) is 5.92 Å². The summed E-state index contributed by atoms with van der Waals surface area (Å²) in [6.07, 6.45) is 5.48. The lowest BCUT2D eigenvalue weighted by Crippen LogP contribution is -2.48. The van der Waals surface area contributed by atoms with Gasteiger partial charge in [0.2, 0.25) is 10.0 Å². The fourth-order valence-corrected chi connectivity index (χ4v) is 3.68. The van der Waals surface area contributed by atoms with E-state index in [0.29, 0.717) is 13.1 Å². The number of hydrogen-bond donors (Lipinski definition) is 1. The van der Waals surface area contributed by atoms with E-state index in [2.05, 4.69) is 15.1 Å². The molecular formula is C11H18N4O2S. The van der Waals surface area contributed by atoms with Crippen molar-refractivity contribution in [2.45, 2.75) is 17.7 Å². The van der Waals surface area contributed by atoms with Gasteiger partial charge < -0.3 is 4.90 Å². The molecule has 6 nitrogen and oxygen atoms in total. The van der Waals surface area contributed by atoms with Crippen molar-refractivity contribution in [3.8, 4) is 0 Å². The minimum absolute atomic E-state index is 0.262. The Morgan fingerprint density at radius 2 is 2.00 bits per heavy atom. The third-order valence-electron chi connectivity index (χ3n) is 3.66. The fraction of sp³-hybridized carbons (Fsp3) is 0.727. The molecule has 0 radical (unpaired) electrons. The van der Waals surface area contributed by atoms with Crippen LogP contribution in [0.3, 0.4) is 0 Å². The predicted octanol–water partition coefficient (Wildman–Crippen LogP) is 0.126. The van der Waals surface area contributed by atoms with Crippen molar-refractivity contribution in [1.29, 1.82) is 0 Å². The first-order valence-electron chi connectivity index (χ1n) is 6.37. The summed E-state index contributed by atoms with van der Waals surface area (Å²) in [5, 5.41) is 6.26. The molecule has 0 atom stereocenters. The molecular weight excluding hydrogens is 252 g/mol. The lowest BCUT2D eigenvalue weighted by molar-refractivity contribution is 0.182. The summed E-state index contributed by atoms with van der Waals surface area (Å²) < 4.78 is 26.0. The van der Waals surface area contributed by atoms with Crippen molar-refractivity contribution in [3.05, 3.63) is 12.4 Å². The molecule has 0 aromatic carbocycles. The predicted molar refractivity (Wildman–Crippen MR) is 66.5 cm³/mol. The smallest absolute Gasteiger partial charge is 0.246 e. The third-order valence-corrected chi connectivity index (χ3v) is 5.52. The molecule has 1 saturated heterocycles. The molecule has 1 aromatic heterocycles. The normalized spacial score (nSPS) is 23.3. The number of nitrogens with zero attached hydrogens (tertiary/aromatic N) is 3. The standard InChI is InChI=1S/C11H18N4O2S/c16-18(17,11-7-12-13-8-11)15-5-3-14(4-6-15)9-10-1-2-10/h7-8,10H,1-6,9H2,(H,12,13). The second kappa shape index (κ2) is 4.64. The van der Waals surface area contributed by atoms with Gasteiger partial charge in [-0.15, -0.1) is 0 Å². The summed E-state index contributed by atoms with van der Waals surface area (Å²) in [7, 11) is -3.34. The molecule has 0 unspecified atom stereocenters. The monoisotopic (exact) mass is 270 g/mol. The number of aromatic nitrogens is 2. The van der Waals surface area contributed by atoms with Gasteiger partial charge in [-0.1, -0.05) is 0 Å². The summed E-state index contributed by atoms with van der Waals surface area (Å²) >= 11 is 0. The third kappa shape index (κ3) is 2.43. The molecule has 0 bridgehead atoms. The van der Waals surface area contributed by atoms with Crippen LogP contribution >= 0.6 is 0 Å². The summed E-state index contributed by atoms with van der Waals surface area (Å²) in [5.41, 5.74) is 0. The van der Waals surface area contributed by atoms with Gasteiger partial charge in [0.05, 0.1) is 6.20 Å². The van der Waals surface area contributed by atoms with Gasteiger partial charge in [-0.05, 0) is 18.8 Å². The van der Waals surface area contributed by atoms with E-state index in [1.165, 1.54) is 25.2 Å². The number of rotatable bonds is 4. The molecule has 1 N–H and O–H groups in total. The van der Waals surface area contributed by atoms with Crippen molar-refractivity contribution in [3.63, 3.8) is 0 Å². The number of piperazine rings is 1. The Morgan fingerprint density at radius 3 is 2.56 bits per heavy atom. The van der Waals surface area contributed by atoms with Crippen LogP contribution in [0, 0.1) is 5.92 Å². The number of nitrogens with one attached hydrogen (secondary N) is 1. The van der Waals surface area contributed by atoms with Gasteiger partial charge in [0.25, 0.3) is 0 Å². The van der Waals surface area contributed by atoms with Gasteiger partial charge in [0, 0.05) is 38.9 Å². The van der Waals surface area contributed by atoms with Gasteiger partial charge >= 0.3 is 0 Å². The van der Waals surface area contributed by atoms with E-state index in [9.17, 15) is 8.42 Å². The maximum absolute atomic E-state index is 12.2. The highest BCUT2D eigenvalue weighted by Crippen LogP contribution is 2.30. The van der Waals surface area contributed by atoms with E-state index in [-0.39, 0.29) is 4.90 Å². The van der Waals surface area contributed by atoms with Crippen molar-refractivity contribution >= 4 is 10.0 Å². The zero-order valence-corrected chi connectivity index (χ0v) is 11.1. The van der Waals surface area contributed by atoms with E-state index in [0.717, 1.165) is 25.6 Å². The molecule has 0 amide bonds. The quantitative estimate of drug-likeness (QED) is 0.844. The summed E-state index contributed by atoms with van der Waals surface area (Å²) in [5.74, 6) is 0.863. The molecule has 18 heavy (non-hydrogen) atoms. The second-order valence-electron chi connectivity index (χ2n) is 5.08. The Hall–Kier alpha value is -0.920. The van der Waals surface area contributed by atoms with Crippen LogP contribution in [0.4, 0.5) is 0 Å². The van der Waals surface area contributed by atoms with Gasteiger partial charge in [-0.3, -0.25) is 5.10 Å². The SMILES string of the molecule is O=S(=O)(c1cn[nH]c1)N1CCN(CC2CC2)CC1. The van der Waals surface area contributed by atoms with E-state index < -0.39 is 10.0 Å². The topological polar surface area (TPSA) is 69.3 Å². The lowest BCUT2D eigenvalue weighted by atomic mass is 10.3. The maximum atomic E-state index is 12.2. The zero-order valence-electron chi connectivity index (χ0n) is 10.2. The summed E-state index contributed by atoms with van der Waals surface area (Å²) in [4.78, 5) is 2.64. The van der Waals surface area contributed by atoms with Gasteiger partial charge in [0.1, 0.15) is 4.90 Å². The molecule has 3 rings (SSSR count). The van der Waals surface area contributed by atoms with Crippen LogP contribution in [0.25, 0.3) is 0 Å². The molecule has 2 aliphatic rings. The highest BCUT2D eigenvalue weighted by atomic mass is 32.2. The van der Waals surface area contributed by atoms with Crippen molar-refractivity contribution < 1.29 is 8.42 Å². The first kappa shape index (κ1) is 12.1. The number of sulfonamides is 1. The minimum atomic E-state index is -3.34. The fourth-order valence-electron chi connectivity index (χ4n) is 2.35. The lowest BCUT2D eigenvalue weighted by Gasteiger charge is -2.33. The maximum Gasteiger partial charge on any atom is 0.246 e. The van der Waals surface area contributed by atoms with Crippen LogP contribution in [0.5, 0.6) is 0 Å². The van der Waals surface area contributed by atoms with E-state index >= 15 is 0 Å². The second-order valence-corrected chi connectivity index (χ2v) is 7.02. The van der Waals surface area contributed by atoms with E-state index in [1.54, 1.807) is 4.31 Å². The van der Waals surface area contributed by atoms with Gasteiger partial charge in [0.15, 0.2) is 0 Å². The van der Waals surface area contributed by atoms with Crippen LogP contribution in [0.15, 0.2) is 17.3 Å². The number of H-pyrrole nitrogens is 1. The zero-order chi connectivity index (χ0) is 12.6. The number of aromatic amines is 1. The van der Waals surface area contributed by atoms with Crippen LogP contribution in [-0.2, 0) is 10.0 Å². The highest BCUT2D eigenvalue weighted by Gasteiger charge is 2.31. The van der Waals surface area contributed by atoms with Crippen LogP contribution in [0.2, 0.25) is 0 Å².